The summed E-state index contributed by atoms with van der Waals surface area (Å²) in [7, 11) is -3.56. The van der Waals surface area contributed by atoms with E-state index in [2.05, 4.69) is 10.0 Å². The van der Waals surface area contributed by atoms with Gasteiger partial charge in [-0.05, 0) is 31.2 Å². The molecule has 0 aliphatic rings. The van der Waals surface area contributed by atoms with Gasteiger partial charge >= 0.3 is 0 Å². The zero-order chi connectivity index (χ0) is 17.4. The predicted molar refractivity (Wildman–Crippen MR) is 91.3 cm³/mol. The maximum absolute atomic E-state index is 12.1. The van der Waals surface area contributed by atoms with E-state index in [-0.39, 0.29) is 30.5 Å². The summed E-state index contributed by atoms with van der Waals surface area (Å²) in [6.45, 7) is 2.06. The first-order valence-corrected chi connectivity index (χ1v) is 8.96. The average Bonchev–Trinajstić information content (AvgIpc) is 2.58. The van der Waals surface area contributed by atoms with Crippen LogP contribution in [-0.2, 0) is 14.8 Å². The lowest BCUT2D eigenvalue weighted by molar-refractivity contribution is -0.123. The Morgan fingerprint density at radius 2 is 1.67 bits per heavy atom. The van der Waals surface area contributed by atoms with Gasteiger partial charge in [0.25, 0.3) is 5.91 Å². The van der Waals surface area contributed by atoms with Gasteiger partial charge in [-0.15, -0.1) is 0 Å². The Kier molecular flexibility index (Phi) is 6.34. The fraction of sp³-hybridized carbons (Fsp3) is 0.235. The van der Waals surface area contributed by atoms with E-state index in [1.54, 1.807) is 36.4 Å². The van der Waals surface area contributed by atoms with Gasteiger partial charge in [0, 0.05) is 13.1 Å². The first-order valence-electron chi connectivity index (χ1n) is 7.48. The molecule has 0 saturated heterocycles. The highest BCUT2D eigenvalue weighted by Crippen LogP contribution is 2.09. The summed E-state index contributed by atoms with van der Waals surface area (Å²) < 4.78 is 31.8. The number of sulfonamides is 1. The summed E-state index contributed by atoms with van der Waals surface area (Å²) in [6, 6.07) is 15.5. The lowest BCUT2D eigenvalue weighted by atomic mass is 10.2. The SMILES string of the molecule is Cc1ccc(S(=O)(=O)NCCNC(=O)COc2ccccc2)cc1. The Bertz CT molecular complexity index is 759. The maximum atomic E-state index is 12.1. The van der Waals surface area contributed by atoms with Crippen LogP contribution in [0.2, 0.25) is 0 Å². The number of hydrogen-bond acceptors (Lipinski definition) is 4. The van der Waals surface area contributed by atoms with E-state index in [0.717, 1.165) is 5.56 Å². The van der Waals surface area contributed by atoms with E-state index in [4.69, 9.17) is 4.74 Å². The number of para-hydroxylation sites is 1. The summed E-state index contributed by atoms with van der Waals surface area (Å²) in [6.07, 6.45) is 0. The summed E-state index contributed by atoms with van der Waals surface area (Å²) in [5.41, 5.74) is 0.986. The van der Waals surface area contributed by atoms with Crippen LogP contribution in [-0.4, -0.2) is 34.0 Å². The second-order valence-corrected chi connectivity index (χ2v) is 6.93. The van der Waals surface area contributed by atoms with Crippen molar-refractivity contribution in [2.24, 2.45) is 0 Å². The van der Waals surface area contributed by atoms with Crippen molar-refractivity contribution < 1.29 is 17.9 Å². The van der Waals surface area contributed by atoms with Crippen molar-refractivity contribution in [1.29, 1.82) is 0 Å². The van der Waals surface area contributed by atoms with Gasteiger partial charge in [0.1, 0.15) is 5.75 Å². The van der Waals surface area contributed by atoms with Gasteiger partial charge < -0.3 is 10.1 Å². The number of amides is 1. The molecular formula is C17H20N2O4S. The Morgan fingerprint density at radius 1 is 1.00 bits per heavy atom. The number of ether oxygens (including phenoxy) is 1. The minimum absolute atomic E-state index is 0.104. The van der Waals surface area contributed by atoms with Crippen LogP contribution in [0.4, 0.5) is 0 Å². The van der Waals surface area contributed by atoms with E-state index >= 15 is 0 Å². The summed E-state index contributed by atoms with van der Waals surface area (Å²) >= 11 is 0. The van der Waals surface area contributed by atoms with Gasteiger partial charge in [-0.2, -0.15) is 0 Å². The molecule has 7 heteroatoms. The molecule has 128 valence electrons. The van der Waals surface area contributed by atoms with Crippen molar-refractivity contribution in [3.05, 3.63) is 60.2 Å². The van der Waals surface area contributed by atoms with Crippen molar-refractivity contribution in [2.75, 3.05) is 19.7 Å². The van der Waals surface area contributed by atoms with Crippen LogP contribution in [0.3, 0.4) is 0 Å². The highest BCUT2D eigenvalue weighted by Gasteiger charge is 2.12. The normalized spacial score (nSPS) is 11.0. The van der Waals surface area contributed by atoms with Crippen molar-refractivity contribution >= 4 is 15.9 Å². The number of carbonyl (C=O) groups excluding carboxylic acids is 1. The molecule has 0 atom stereocenters. The molecule has 2 rings (SSSR count). The summed E-state index contributed by atoms with van der Waals surface area (Å²) in [4.78, 5) is 11.8. The van der Waals surface area contributed by atoms with E-state index in [0.29, 0.717) is 5.75 Å². The highest BCUT2D eigenvalue weighted by molar-refractivity contribution is 7.89. The summed E-state index contributed by atoms with van der Waals surface area (Å²) in [5.74, 6) is 0.293. The van der Waals surface area contributed by atoms with Gasteiger partial charge in [-0.3, -0.25) is 4.79 Å². The minimum atomic E-state index is -3.56. The lowest BCUT2D eigenvalue weighted by Crippen LogP contribution is -2.36. The fourth-order valence-electron chi connectivity index (χ4n) is 1.90. The van der Waals surface area contributed by atoms with E-state index in [9.17, 15) is 13.2 Å². The molecule has 0 saturated carbocycles. The molecule has 0 unspecified atom stereocenters. The first-order chi connectivity index (χ1) is 11.5. The van der Waals surface area contributed by atoms with Crippen LogP contribution in [0, 0.1) is 6.92 Å². The van der Waals surface area contributed by atoms with Crippen molar-refractivity contribution in [2.45, 2.75) is 11.8 Å². The number of carbonyl (C=O) groups is 1. The van der Waals surface area contributed by atoms with Crippen LogP contribution in [0.1, 0.15) is 5.56 Å². The molecule has 24 heavy (non-hydrogen) atoms. The predicted octanol–water partition coefficient (Wildman–Crippen LogP) is 1.47. The zero-order valence-electron chi connectivity index (χ0n) is 13.4. The number of benzene rings is 2. The third-order valence-electron chi connectivity index (χ3n) is 3.18. The number of hydrogen-bond donors (Lipinski definition) is 2. The van der Waals surface area contributed by atoms with E-state index < -0.39 is 10.0 Å². The zero-order valence-corrected chi connectivity index (χ0v) is 14.2. The molecule has 0 fully saturated rings. The molecule has 0 aliphatic carbocycles. The molecule has 0 aromatic heterocycles. The van der Waals surface area contributed by atoms with Crippen molar-refractivity contribution in [1.82, 2.24) is 10.0 Å². The van der Waals surface area contributed by atoms with E-state index in [1.165, 1.54) is 0 Å². The molecule has 0 aliphatic heterocycles. The minimum Gasteiger partial charge on any atom is -0.484 e. The molecule has 0 heterocycles. The van der Waals surface area contributed by atoms with Crippen LogP contribution in [0.5, 0.6) is 5.75 Å². The van der Waals surface area contributed by atoms with Gasteiger partial charge in [-0.1, -0.05) is 35.9 Å². The molecule has 0 radical (unpaired) electrons. The fourth-order valence-corrected chi connectivity index (χ4v) is 2.94. The molecule has 2 N–H and O–H groups in total. The largest absolute Gasteiger partial charge is 0.484 e. The molecule has 2 aromatic rings. The molecule has 0 bridgehead atoms. The van der Waals surface area contributed by atoms with E-state index in [1.807, 2.05) is 25.1 Å². The summed E-state index contributed by atoms with van der Waals surface area (Å²) in [5, 5.41) is 2.60. The van der Waals surface area contributed by atoms with Crippen LogP contribution < -0.4 is 14.8 Å². The quantitative estimate of drug-likeness (QED) is 0.708. The number of nitrogens with one attached hydrogen (secondary N) is 2. The first kappa shape index (κ1) is 18.0. The topological polar surface area (TPSA) is 84.5 Å². The van der Waals surface area contributed by atoms with Gasteiger partial charge in [0.15, 0.2) is 6.61 Å². The second-order valence-electron chi connectivity index (χ2n) is 5.16. The number of aryl methyl sites for hydroxylation is 1. The van der Waals surface area contributed by atoms with Crippen LogP contribution >= 0.6 is 0 Å². The number of rotatable bonds is 8. The highest BCUT2D eigenvalue weighted by atomic mass is 32.2. The Hall–Kier alpha value is -2.38. The standard InChI is InChI=1S/C17H20N2O4S/c1-14-7-9-16(10-8-14)24(21,22)19-12-11-18-17(20)13-23-15-5-3-2-4-6-15/h2-10,19H,11-13H2,1H3,(H,18,20). The van der Waals surface area contributed by atoms with Gasteiger partial charge in [-0.25, -0.2) is 13.1 Å². The lowest BCUT2D eigenvalue weighted by Gasteiger charge is -2.09. The molecule has 2 aromatic carbocycles. The van der Waals surface area contributed by atoms with Crippen molar-refractivity contribution in [3.63, 3.8) is 0 Å². The van der Waals surface area contributed by atoms with Gasteiger partial charge in [0.05, 0.1) is 4.90 Å². The van der Waals surface area contributed by atoms with Crippen LogP contribution in [0.15, 0.2) is 59.5 Å². The second kappa shape index (κ2) is 8.47. The van der Waals surface area contributed by atoms with Crippen molar-refractivity contribution in [3.8, 4) is 5.75 Å². The Morgan fingerprint density at radius 3 is 2.33 bits per heavy atom. The van der Waals surface area contributed by atoms with Crippen LogP contribution in [0.25, 0.3) is 0 Å². The molecular weight excluding hydrogens is 328 g/mol. The third-order valence-corrected chi connectivity index (χ3v) is 4.66. The maximum Gasteiger partial charge on any atom is 0.257 e. The van der Waals surface area contributed by atoms with Gasteiger partial charge in [0.2, 0.25) is 10.0 Å². The Labute approximate surface area is 141 Å². The average molecular weight is 348 g/mol. The monoisotopic (exact) mass is 348 g/mol. The Balaban J connectivity index is 1.70. The molecule has 6 nitrogen and oxygen atoms in total. The smallest absolute Gasteiger partial charge is 0.257 e. The molecule has 1 amide bonds. The molecule has 0 spiro atoms. The third kappa shape index (κ3) is 5.68.